The minimum Gasteiger partial charge on any atom is -0.468 e. The molecule has 23 heavy (non-hydrogen) atoms. The van der Waals surface area contributed by atoms with Crippen LogP contribution >= 0.6 is 0 Å². The fourth-order valence-electron chi connectivity index (χ4n) is 3.12. The molecule has 2 saturated heterocycles. The largest absolute Gasteiger partial charge is 0.468 e. The smallest absolute Gasteiger partial charge is 0.322 e. The molecular formula is C14H27N3O5S. The Morgan fingerprint density at radius 1 is 1.09 bits per heavy atom. The van der Waals surface area contributed by atoms with Gasteiger partial charge in [-0.3, -0.25) is 9.69 Å². The second-order valence-electron chi connectivity index (χ2n) is 6.22. The van der Waals surface area contributed by atoms with E-state index >= 15 is 0 Å². The van der Waals surface area contributed by atoms with Crippen LogP contribution in [0.1, 0.15) is 20.8 Å². The molecule has 2 heterocycles. The number of piperazine rings is 1. The highest BCUT2D eigenvalue weighted by Gasteiger charge is 2.37. The number of ether oxygens (including phenoxy) is 2. The molecule has 2 rings (SSSR count). The van der Waals surface area contributed by atoms with Crippen LogP contribution in [0, 0.1) is 0 Å². The Labute approximate surface area is 138 Å². The van der Waals surface area contributed by atoms with Crippen molar-refractivity contribution in [3.63, 3.8) is 0 Å². The summed E-state index contributed by atoms with van der Waals surface area (Å²) >= 11 is 0. The van der Waals surface area contributed by atoms with Crippen LogP contribution in [0.4, 0.5) is 0 Å². The third-order valence-electron chi connectivity index (χ3n) is 4.40. The molecule has 0 spiro atoms. The average Bonchev–Trinajstić information content (AvgIpc) is 2.52. The number of morpholine rings is 1. The summed E-state index contributed by atoms with van der Waals surface area (Å²) in [4.78, 5) is 13.5. The average molecular weight is 349 g/mol. The van der Waals surface area contributed by atoms with Gasteiger partial charge in [0, 0.05) is 39.3 Å². The first-order chi connectivity index (χ1) is 10.8. The SMILES string of the molecule is COC(=O)[C@H](C)N1CCN(S(=O)(=O)N2C[C@H](C)O[C@@H](C)C2)CC1. The first kappa shape index (κ1) is 18.6. The van der Waals surface area contributed by atoms with Gasteiger partial charge in [-0.1, -0.05) is 0 Å². The lowest BCUT2D eigenvalue weighted by Crippen LogP contribution is -2.58. The lowest BCUT2D eigenvalue weighted by molar-refractivity contribution is -0.146. The Hall–Kier alpha value is -0.740. The predicted molar refractivity (Wildman–Crippen MR) is 85.1 cm³/mol. The Kier molecular flexibility index (Phi) is 6.01. The molecule has 134 valence electrons. The van der Waals surface area contributed by atoms with Gasteiger partial charge >= 0.3 is 5.97 Å². The van der Waals surface area contributed by atoms with Gasteiger partial charge in [0.15, 0.2) is 0 Å². The van der Waals surface area contributed by atoms with Crippen molar-refractivity contribution >= 4 is 16.2 Å². The minimum absolute atomic E-state index is 0.103. The van der Waals surface area contributed by atoms with Crippen LogP contribution in [-0.2, 0) is 24.5 Å². The molecule has 0 aromatic rings. The number of hydrogen-bond donors (Lipinski definition) is 0. The Morgan fingerprint density at radius 3 is 2.09 bits per heavy atom. The van der Waals surface area contributed by atoms with Crippen molar-refractivity contribution in [2.75, 3.05) is 46.4 Å². The van der Waals surface area contributed by atoms with Gasteiger partial charge in [-0.15, -0.1) is 0 Å². The number of rotatable bonds is 4. The van der Waals surface area contributed by atoms with Gasteiger partial charge in [0.1, 0.15) is 6.04 Å². The monoisotopic (exact) mass is 349 g/mol. The van der Waals surface area contributed by atoms with Crippen molar-refractivity contribution in [1.82, 2.24) is 13.5 Å². The van der Waals surface area contributed by atoms with E-state index in [1.54, 1.807) is 6.92 Å². The van der Waals surface area contributed by atoms with Crippen LogP contribution in [0.5, 0.6) is 0 Å². The molecule has 0 saturated carbocycles. The number of methoxy groups -OCH3 is 1. The maximum Gasteiger partial charge on any atom is 0.322 e. The quantitative estimate of drug-likeness (QED) is 0.638. The lowest BCUT2D eigenvalue weighted by Gasteiger charge is -2.41. The summed E-state index contributed by atoms with van der Waals surface area (Å²) in [6, 6.07) is -0.353. The van der Waals surface area contributed by atoms with Crippen LogP contribution in [-0.4, -0.2) is 92.5 Å². The van der Waals surface area contributed by atoms with Crippen molar-refractivity contribution in [3.05, 3.63) is 0 Å². The molecule has 0 unspecified atom stereocenters. The third-order valence-corrected chi connectivity index (χ3v) is 6.37. The highest BCUT2D eigenvalue weighted by Crippen LogP contribution is 2.19. The van der Waals surface area contributed by atoms with E-state index in [9.17, 15) is 13.2 Å². The van der Waals surface area contributed by atoms with Crippen molar-refractivity contribution < 1.29 is 22.7 Å². The van der Waals surface area contributed by atoms with Gasteiger partial charge < -0.3 is 9.47 Å². The van der Waals surface area contributed by atoms with Gasteiger partial charge in [0.05, 0.1) is 19.3 Å². The second-order valence-corrected chi connectivity index (χ2v) is 8.14. The van der Waals surface area contributed by atoms with E-state index in [1.807, 2.05) is 18.7 Å². The zero-order valence-electron chi connectivity index (χ0n) is 14.3. The van der Waals surface area contributed by atoms with Crippen molar-refractivity contribution in [2.24, 2.45) is 0 Å². The van der Waals surface area contributed by atoms with Gasteiger partial charge in [-0.05, 0) is 20.8 Å². The summed E-state index contributed by atoms with van der Waals surface area (Å²) in [5, 5.41) is 0. The summed E-state index contributed by atoms with van der Waals surface area (Å²) in [5.41, 5.74) is 0. The van der Waals surface area contributed by atoms with E-state index in [0.29, 0.717) is 39.3 Å². The minimum atomic E-state index is -3.48. The molecule has 2 aliphatic rings. The van der Waals surface area contributed by atoms with Crippen LogP contribution in [0.15, 0.2) is 0 Å². The molecule has 9 heteroatoms. The highest BCUT2D eigenvalue weighted by molar-refractivity contribution is 7.86. The number of carbonyl (C=O) groups excluding carboxylic acids is 1. The predicted octanol–water partition coefficient (Wildman–Crippen LogP) is -0.480. The van der Waals surface area contributed by atoms with E-state index in [2.05, 4.69) is 0 Å². The molecular weight excluding hydrogens is 322 g/mol. The summed E-state index contributed by atoms with van der Waals surface area (Å²) in [7, 11) is -2.12. The van der Waals surface area contributed by atoms with Crippen molar-refractivity contribution in [1.29, 1.82) is 0 Å². The summed E-state index contributed by atoms with van der Waals surface area (Å²) in [6.45, 7) is 8.10. The molecule has 3 atom stereocenters. The molecule has 8 nitrogen and oxygen atoms in total. The van der Waals surface area contributed by atoms with E-state index in [4.69, 9.17) is 9.47 Å². The topological polar surface area (TPSA) is 79.4 Å². The molecule has 0 aliphatic carbocycles. The van der Waals surface area contributed by atoms with Gasteiger partial charge in [-0.25, -0.2) is 0 Å². The lowest BCUT2D eigenvalue weighted by atomic mass is 10.2. The Morgan fingerprint density at radius 2 is 1.61 bits per heavy atom. The fraction of sp³-hybridized carbons (Fsp3) is 0.929. The normalized spacial score (nSPS) is 30.1. The van der Waals surface area contributed by atoms with Gasteiger partial charge in [-0.2, -0.15) is 17.0 Å². The third kappa shape index (κ3) is 4.21. The van der Waals surface area contributed by atoms with Gasteiger partial charge in [0.25, 0.3) is 10.2 Å². The maximum atomic E-state index is 12.8. The molecule has 0 amide bonds. The number of esters is 1. The van der Waals surface area contributed by atoms with E-state index in [0.717, 1.165) is 0 Å². The summed E-state index contributed by atoms with van der Waals surface area (Å²) in [5.74, 6) is -0.294. The Balaban J connectivity index is 1.97. The van der Waals surface area contributed by atoms with E-state index in [-0.39, 0.29) is 24.2 Å². The maximum absolute atomic E-state index is 12.8. The van der Waals surface area contributed by atoms with Crippen LogP contribution in [0.3, 0.4) is 0 Å². The fourth-order valence-corrected chi connectivity index (χ4v) is 4.87. The molecule has 2 aliphatic heterocycles. The van der Waals surface area contributed by atoms with Crippen LogP contribution in [0.25, 0.3) is 0 Å². The van der Waals surface area contributed by atoms with Crippen molar-refractivity contribution in [2.45, 2.75) is 39.0 Å². The molecule has 0 bridgehead atoms. The molecule has 2 fully saturated rings. The molecule has 0 N–H and O–H groups in total. The number of nitrogens with zero attached hydrogens (tertiary/aromatic N) is 3. The van der Waals surface area contributed by atoms with Crippen LogP contribution in [0.2, 0.25) is 0 Å². The van der Waals surface area contributed by atoms with E-state index < -0.39 is 10.2 Å². The van der Waals surface area contributed by atoms with Gasteiger partial charge in [0.2, 0.25) is 0 Å². The standard InChI is InChI=1S/C14H27N3O5S/c1-11-9-17(10-12(2)22-11)23(19,20)16-7-5-15(6-8-16)13(3)14(18)21-4/h11-13H,5-10H2,1-4H3/t11-,12-,13-/m0/s1. The van der Waals surface area contributed by atoms with Crippen molar-refractivity contribution in [3.8, 4) is 0 Å². The molecule has 0 aromatic heterocycles. The first-order valence-electron chi connectivity index (χ1n) is 7.98. The zero-order valence-corrected chi connectivity index (χ0v) is 15.1. The zero-order chi connectivity index (χ0) is 17.2. The first-order valence-corrected chi connectivity index (χ1v) is 9.38. The van der Waals surface area contributed by atoms with Crippen LogP contribution < -0.4 is 0 Å². The highest BCUT2D eigenvalue weighted by atomic mass is 32.2. The number of carbonyl (C=O) groups is 1. The van der Waals surface area contributed by atoms with E-state index in [1.165, 1.54) is 15.7 Å². The summed E-state index contributed by atoms with van der Waals surface area (Å²) in [6.07, 6.45) is -0.205. The Bertz CT molecular complexity index is 509. The summed E-state index contributed by atoms with van der Waals surface area (Å²) < 4.78 is 38.9. The second kappa shape index (κ2) is 7.43. The molecule has 0 radical (unpaired) electrons. The number of hydrogen-bond acceptors (Lipinski definition) is 6. The molecule has 0 aromatic carbocycles.